The molecule has 0 aromatic carbocycles. The Balaban J connectivity index is 2.52. The van der Waals surface area contributed by atoms with E-state index in [1.165, 1.54) is 0 Å². The monoisotopic (exact) mass is 361 g/mol. The lowest BCUT2D eigenvalue weighted by atomic mass is 10.4. The van der Waals surface area contributed by atoms with Crippen LogP contribution in [0.1, 0.15) is 24.3 Å². The zero-order valence-corrected chi connectivity index (χ0v) is 12.3. The molecule has 5 nitrogen and oxygen atoms in total. The predicted molar refractivity (Wildman–Crippen MR) is 68.9 cm³/mol. The summed E-state index contributed by atoms with van der Waals surface area (Å²) in [7, 11) is 0. The molecular formula is C10H9Br2N3O2. The van der Waals surface area contributed by atoms with Gasteiger partial charge in [0.05, 0.1) is 6.10 Å². The normalized spacial score (nSPS) is 11.1. The summed E-state index contributed by atoms with van der Waals surface area (Å²) >= 11 is 6.60. The van der Waals surface area contributed by atoms with E-state index >= 15 is 0 Å². The van der Waals surface area contributed by atoms with E-state index in [2.05, 4.69) is 41.8 Å². The number of hydrogen-bond acceptors (Lipinski definition) is 4. The van der Waals surface area contributed by atoms with Crippen molar-refractivity contribution in [1.82, 2.24) is 14.4 Å². The Kier molecular flexibility index (Phi) is 3.48. The maximum atomic E-state index is 11.8. The number of carbonyl (C=O) groups is 1. The van der Waals surface area contributed by atoms with Crippen molar-refractivity contribution < 1.29 is 9.53 Å². The van der Waals surface area contributed by atoms with E-state index in [0.29, 0.717) is 14.9 Å². The predicted octanol–water partition coefficient (Wildman–Crippen LogP) is 2.82. The van der Waals surface area contributed by atoms with E-state index < -0.39 is 5.97 Å². The van der Waals surface area contributed by atoms with Gasteiger partial charge in [-0.1, -0.05) is 0 Å². The van der Waals surface area contributed by atoms with Crippen molar-refractivity contribution in [2.45, 2.75) is 20.0 Å². The van der Waals surface area contributed by atoms with E-state index in [-0.39, 0.29) is 11.8 Å². The van der Waals surface area contributed by atoms with E-state index in [0.717, 1.165) is 0 Å². The summed E-state index contributed by atoms with van der Waals surface area (Å²) in [6, 6.07) is 0. The van der Waals surface area contributed by atoms with Gasteiger partial charge in [-0.3, -0.25) is 4.40 Å². The molecule has 0 fully saturated rings. The lowest BCUT2D eigenvalue weighted by Gasteiger charge is -2.05. The molecule has 0 aliphatic rings. The number of ether oxygens (including phenoxy) is 1. The first-order valence-electron chi connectivity index (χ1n) is 4.89. The van der Waals surface area contributed by atoms with Crippen LogP contribution in [0.15, 0.2) is 21.6 Å². The molecule has 0 N–H and O–H groups in total. The average molecular weight is 363 g/mol. The Bertz CT molecular complexity index is 580. The summed E-state index contributed by atoms with van der Waals surface area (Å²) in [5, 5.41) is 0. The highest BCUT2D eigenvalue weighted by molar-refractivity contribution is 9.11. The molecule has 0 aliphatic heterocycles. The van der Waals surface area contributed by atoms with E-state index in [1.807, 2.05) is 0 Å². The summed E-state index contributed by atoms with van der Waals surface area (Å²) < 4.78 is 7.95. The first-order valence-corrected chi connectivity index (χ1v) is 6.48. The highest BCUT2D eigenvalue weighted by Crippen LogP contribution is 2.23. The molecule has 0 bridgehead atoms. The van der Waals surface area contributed by atoms with Crippen LogP contribution < -0.4 is 0 Å². The third kappa shape index (κ3) is 2.35. The lowest BCUT2D eigenvalue weighted by Crippen LogP contribution is -2.12. The van der Waals surface area contributed by atoms with Gasteiger partial charge < -0.3 is 4.74 Å². The van der Waals surface area contributed by atoms with Crippen molar-refractivity contribution in [1.29, 1.82) is 0 Å². The highest BCUT2D eigenvalue weighted by Gasteiger charge is 2.20. The van der Waals surface area contributed by atoms with Crippen molar-refractivity contribution in [3.63, 3.8) is 0 Å². The summed E-state index contributed by atoms with van der Waals surface area (Å²) in [5.41, 5.74) is 0.808. The molecule has 2 rings (SSSR count). The zero-order chi connectivity index (χ0) is 12.6. The van der Waals surface area contributed by atoms with Crippen molar-refractivity contribution in [3.05, 3.63) is 27.3 Å². The minimum Gasteiger partial charge on any atom is -0.458 e. The molecule has 7 heteroatoms. The molecule has 0 aliphatic carbocycles. The quantitative estimate of drug-likeness (QED) is 0.771. The zero-order valence-electron chi connectivity index (χ0n) is 9.15. The molecule has 0 amide bonds. The van der Waals surface area contributed by atoms with Gasteiger partial charge in [0.1, 0.15) is 9.21 Å². The Morgan fingerprint density at radius 2 is 2.18 bits per heavy atom. The number of hydrogen-bond donors (Lipinski definition) is 0. The molecular weight excluding hydrogens is 354 g/mol. The Morgan fingerprint density at radius 3 is 2.76 bits per heavy atom. The van der Waals surface area contributed by atoms with Gasteiger partial charge in [-0.2, -0.15) is 0 Å². The minimum absolute atomic E-state index is 0.180. The fraction of sp³-hybridized carbons (Fsp3) is 0.300. The van der Waals surface area contributed by atoms with Crippen molar-refractivity contribution >= 4 is 43.5 Å². The van der Waals surface area contributed by atoms with Gasteiger partial charge >= 0.3 is 5.97 Å². The van der Waals surface area contributed by atoms with Gasteiger partial charge in [-0.05, 0) is 45.7 Å². The molecule has 2 heterocycles. The first-order chi connectivity index (χ1) is 8.00. The van der Waals surface area contributed by atoms with E-state index in [4.69, 9.17) is 4.74 Å². The maximum absolute atomic E-state index is 11.8. The third-order valence-electron chi connectivity index (χ3n) is 1.98. The summed E-state index contributed by atoms with van der Waals surface area (Å²) in [6.07, 6.45) is 3.14. The SMILES string of the molecule is CC(C)OC(=O)c1nc2c(Br)nccn2c1Br. The van der Waals surface area contributed by atoms with Gasteiger partial charge in [0.25, 0.3) is 0 Å². The van der Waals surface area contributed by atoms with E-state index in [9.17, 15) is 4.79 Å². The van der Waals surface area contributed by atoms with Crippen LogP contribution in [-0.4, -0.2) is 26.4 Å². The summed E-state index contributed by atoms with van der Waals surface area (Å²) in [5.74, 6) is -0.456. The van der Waals surface area contributed by atoms with Gasteiger partial charge in [0.15, 0.2) is 11.3 Å². The van der Waals surface area contributed by atoms with Crippen molar-refractivity contribution in [2.24, 2.45) is 0 Å². The minimum atomic E-state index is -0.456. The molecule has 2 aromatic rings. The molecule has 0 spiro atoms. The number of esters is 1. The van der Waals surface area contributed by atoms with Crippen LogP contribution in [-0.2, 0) is 4.74 Å². The van der Waals surface area contributed by atoms with Gasteiger partial charge in [0, 0.05) is 12.4 Å². The molecule has 2 aromatic heterocycles. The second kappa shape index (κ2) is 4.73. The highest BCUT2D eigenvalue weighted by atomic mass is 79.9. The standard InChI is InChI=1S/C10H9Br2N3O2/c1-5(2)17-10(16)6-8(12)15-4-3-13-7(11)9(15)14-6/h3-5H,1-2H3. The fourth-order valence-electron chi connectivity index (χ4n) is 1.32. The number of aromatic nitrogens is 3. The van der Waals surface area contributed by atoms with Crippen LogP contribution in [0.25, 0.3) is 5.65 Å². The lowest BCUT2D eigenvalue weighted by molar-refractivity contribution is 0.0370. The fourth-order valence-corrected chi connectivity index (χ4v) is 2.25. The Hall–Kier alpha value is -0.950. The van der Waals surface area contributed by atoms with Gasteiger partial charge in [-0.15, -0.1) is 0 Å². The molecule has 0 saturated carbocycles. The van der Waals surface area contributed by atoms with Gasteiger partial charge in [0.2, 0.25) is 0 Å². The van der Waals surface area contributed by atoms with Crippen LogP contribution in [0.4, 0.5) is 0 Å². The number of halogens is 2. The third-order valence-corrected chi connectivity index (χ3v) is 3.29. The smallest absolute Gasteiger partial charge is 0.360 e. The van der Waals surface area contributed by atoms with Crippen LogP contribution in [0, 0.1) is 0 Å². The second-order valence-corrected chi connectivity index (χ2v) is 5.12. The molecule has 0 saturated heterocycles. The van der Waals surface area contributed by atoms with E-state index in [1.54, 1.807) is 30.6 Å². The van der Waals surface area contributed by atoms with Gasteiger partial charge in [-0.25, -0.2) is 14.8 Å². The number of imidazole rings is 1. The number of fused-ring (bicyclic) bond motifs is 1. The average Bonchev–Trinajstić information content (AvgIpc) is 2.57. The second-order valence-electron chi connectivity index (χ2n) is 3.62. The molecule has 0 atom stereocenters. The Labute approximate surface area is 114 Å². The number of rotatable bonds is 2. The van der Waals surface area contributed by atoms with Crippen molar-refractivity contribution in [2.75, 3.05) is 0 Å². The molecule has 0 unspecified atom stereocenters. The van der Waals surface area contributed by atoms with Crippen LogP contribution in [0.3, 0.4) is 0 Å². The Morgan fingerprint density at radius 1 is 1.47 bits per heavy atom. The summed E-state index contributed by atoms with van der Waals surface area (Å²) in [4.78, 5) is 20.0. The van der Waals surface area contributed by atoms with Crippen LogP contribution in [0.2, 0.25) is 0 Å². The van der Waals surface area contributed by atoms with Crippen LogP contribution >= 0.6 is 31.9 Å². The first kappa shape index (κ1) is 12.5. The largest absolute Gasteiger partial charge is 0.458 e. The molecule has 17 heavy (non-hydrogen) atoms. The van der Waals surface area contributed by atoms with Crippen LogP contribution in [0.5, 0.6) is 0 Å². The maximum Gasteiger partial charge on any atom is 0.360 e. The number of nitrogens with zero attached hydrogens (tertiary/aromatic N) is 3. The number of carbonyl (C=O) groups excluding carboxylic acids is 1. The van der Waals surface area contributed by atoms with Crippen molar-refractivity contribution in [3.8, 4) is 0 Å². The summed E-state index contributed by atoms with van der Waals surface area (Å²) in [6.45, 7) is 3.58. The molecule has 90 valence electrons. The molecule has 0 radical (unpaired) electrons. The topological polar surface area (TPSA) is 56.5 Å².